The minimum Gasteiger partial charge on any atom is 2.00 e. The van der Waals surface area contributed by atoms with E-state index in [9.17, 15) is 0 Å². The van der Waals surface area contributed by atoms with Crippen molar-refractivity contribution in [3.63, 3.8) is 0 Å². The largest absolute Gasteiger partial charge is 2.00 e. The van der Waals surface area contributed by atoms with E-state index in [1.165, 1.54) is 0 Å². The average Bonchev–Trinajstić information content (AvgIpc) is 1.39. The molecule has 0 heterocycles. The smallest absolute Gasteiger partial charge is 2.00 e. The first kappa shape index (κ1) is 15.7. The van der Waals surface area contributed by atoms with Crippen LogP contribution in [0.2, 0.25) is 0 Å². The van der Waals surface area contributed by atoms with Gasteiger partial charge in [0.25, 0.3) is 0 Å². The summed E-state index contributed by atoms with van der Waals surface area (Å²) in [4.78, 5) is 0. The van der Waals surface area contributed by atoms with Crippen molar-refractivity contribution in [2.24, 2.45) is 0 Å². The Morgan fingerprint density at radius 3 is 1.00 bits per heavy atom. The molecule has 0 rings (SSSR count). The van der Waals surface area contributed by atoms with Crippen LogP contribution in [-0.4, -0.2) is 14.7 Å². The molecule has 4 nitrogen and oxygen atoms in total. The van der Waals surface area contributed by atoms with Crippen molar-refractivity contribution in [3.8, 4) is 0 Å². The van der Waals surface area contributed by atoms with Gasteiger partial charge in [-0.05, 0) is 0 Å². The summed E-state index contributed by atoms with van der Waals surface area (Å²) >= 11 is 0. The normalized spacial score (nSPS) is 2.29. The van der Waals surface area contributed by atoms with Crippen LogP contribution >= 0.6 is 0 Å². The van der Waals surface area contributed by atoms with Crippen LogP contribution in [0.3, 0.4) is 0 Å². The van der Waals surface area contributed by atoms with Gasteiger partial charge >= 0.3 is 60.4 Å². The topological polar surface area (TPSA) is 80.3 Å². The van der Waals surface area contributed by atoms with Crippen LogP contribution < -0.4 is 10.0 Å². The third-order valence-corrected chi connectivity index (χ3v) is 0. The Labute approximate surface area is 60.6 Å². The van der Waals surface area contributed by atoms with Crippen LogP contribution in [0.4, 0.5) is 0 Å². The van der Waals surface area contributed by atoms with Crippen LogP contribution in [-0.2, 0) is 35.6 Å². The van der Waals surface area contributed by atoms with Crippen molar-refractivity contribution < 1.29 is 45.7 Å². The summed E-state index contributed by atoms with van der Waals surface area (Å²) in [6, 6.07) is 0. The molecule has 0 bridgehead atoms. The first-order valence-corrected chi connectivity index (χ1v) is 0.943. The second-order valence-electron chi connectivity index (χ2n) is 0.192. The third-order valence-electron chi connectivity index (χ3n) is 0. The van der Waals surface area contributed by atoms with E-state index in [2.05, 4.69) is 0 Å². The molecule has 0 fully saturated rings. The molecule has 7 heteroatoms. The van der Waals surface area contributed by atoms with Crippen LogP contribution in [0.1, 0.15) is 0 Å². The van der Waals surface area contributed by atoms with Gasteiger partial charge < -0.3 is 0 Å². The standard InChI is InChI=1S/2BO2.Zr/c2*2-1-3;/q2*-1;+2. The minimum absolute atomic E-state index is 0. The summed E-state index contributed by atoms with van der Waals surface area (Å²) in [6.45, 7) is 0. The van der Waals surface area contributed by atoms with E-state index in [4.69, 9.17) is 19.5 Å². The van der Waals surface area contributed by atoms with Gasteiger partial charge in [0.1, 0.15) is 0 Å². The molecule has 0 saturated carbocycles. The summed E-state index contributed by atoms with van der Waals surface area (Å²) in [5.41, 5.74) is 0. The van der Waals surface area contributed by atoms with Crippen LogP contribution in [0.15, 0.2) is 0 Å². The minimum atomic E-state index is -0.500. The molecular formula is B2O4Zr. The van der Waals surface area contributed by atoms with Gasteiger partial charge in [-0.15, -0.1) is 0 Å². The maximum absolute atomic E-state index is 8.25. The van der Waals surface area contributed by atoms with Gasteiger partial charge in [-0.1, -0.05) is 0 Å². The summed E-state index contributed by atoms with van der Waals surface area (Å²) in [6.07, 6.45) is 0. The fraction of sp³-hybridized carbons (Fsp3) is 0. The third kappa shape index (κ3) is 2430. The molecule has 0 aliphatic rings. The van der Waals surface area contributed by atoms with E-state index in [1.54, 1.807) is 0 Å². The Hall–Kier alpha value is 0.213. The van der Waals surface area contributed by atoms with E-state index in [1.807, 2.05) is 0 Å². The molecule has 0 aromatic carbocycles. The second kappa shape index (κ2) is 34.5. The Kier molecular flexibility index (Phi) is 77.3. The Morgan fingerprint density at radius 2 is 1.00 bits per heavy atom. The maximum atomic E-state index is 8.25. The van der Waals surface area contributed by atoms with Gasteiger partial charge in [-0.2, -0.15) is 0 Å². The molecule has 0 saturated heterocycles. The number of hydrogen-bond donors (Lipinski definition) is 0. The molecule has 0 aromatic rings. The van der Waals surface area contributed by atoms with Gasteiger partial charge in [-0.3, -0.25) is 0 Å². The molecule has 34 valence electrons. The maximum Gasteiger partial charge on any atom is 2.00 e. The molecule has 0 atom stereocenters. The van der Waals surface area contributed by atoms with Crippen molar-refractivity contribution in [2.75, 3.05) is 0 Å². The van der Waals surface area contributed by atoms with E-state index in [-0.39, 0.29) is 26.2 Å². The molecule has 0 radical (unpaired) electrons. The fourth-order valence-corrected chi connectivity index (χ4v) is 0. The molecule has 0 aliphatic heterocycles. The molecule has 0 amide bonds. The SMILES string of the molecule is O=B[O-].O=B[O-].[Zr+2]. The first-order valence-electron chi connectivity index (χ1n) is 0.943. The molecule has 0 aliphatic carbocycles. The molecule has 0 aromatic heterocycles. The van der Waals surface area contributed by atoms with Crippen LogP contribution in [0, 0.1) is 0 Å². The Bertz CT molecular complexity index is 30.7. The predicted molar refractivity (Wildman–Crippen MR) is 12.9 cm³/mol. The first-order chi connectivity index (χ1) is 2.83. The van der Waals surface area contributed by atoms with Crippen molar-refractivity contribution in [2.45, 2.75) is 0 Å². The average molecular weight is 177 g/mol. The van der Waals surface area contributed by atoms with Crippen molar-refractivity contribution >= 4 is 14.7 Å². The monoisotopic (exact) mass is 176 g/mol. The van der Waals surface area contributed by atoms with Gasteiger partial charge in [0.05, 0.1) is 0 Å². The summed E-state index contributed by atoms with van der Waals surface area (Å²) < 4.78 is 16.5. The zero-order valence-electron chi connectivity index (χ0n) is 3.29. The van der Waals surface area contributed by atoms with E-state index in [0.717, 1.165) is 0 Å². The van der Waals surface area contributed by atoms with Crippen LogP contribution in [0.5, 0.6) is 0 Å². The zero-order chi connectivity index (χ0) is 5.41. The van der Waals surface area contributed by atoms with Gasteiger partial charge in [0, 0.05) is 0 Å². The summed E-state index contributed by atoms with van der Waals surface area (Å²) in [7, 11) is -1.00. The number of hydrogen-bond acceptors (Lipinski definition) is 4. The van der Waals surface area contributed by atoms with E-state index < -0.39 is 14.7 Å². The molecule has 0 spiro atoms. The van der Waals surface area contributed by atoms with E-state index in [0.29, 0.717) is 0 Å². The van der Waals surface area contributed by atoms with Crippen molar-refractivity contribution in [1.29, 1.82) is 0 Å². The number of rotatable bonds is 0. The second-order valence-corrected chi connectivity index (χ2v) is 0.192. The van der Waals surface area contributed by atoms with Gasteiger partial charge in [0.2, 0.25) is 0 Å². The summed E-state index contributed by atoms with van der Waals surface area (Å²) in [5.74, 6) is 0. The predicted octanol–water partition coefficient (Wildman–Crippen LogP) is -3.38. The van der Waals surface area contributed by atoms with E-state index >= 15 is 0 Å². The van der Waals surface area contributed by atoms with Gasteiger partial charge in [-0.25, -0.2) is 0 Å². The fourth-order valence-electron chi connectivity index (χ4n) is 0. The quantitative estimate of drug-likeness (QED) is 0.361. The molecule has 7 heavy (non-hydrogen) atoms. The Morgan fingerprint density at radius 1 is 1.00 bits per heavy atom. The molecule has 0 N–H and O–H groups in total. The van der Waals surface area contributed by atoms with Crippen LogP contribution in [0.25, 0.3) is 0 Å². The van der Waals surface area contributed by atoms with Crippen molar-refractivity contribution in [1.82, 2.24) is 0 Å². The van der Waals surface area contributed by atoms with Crippen molar-refractivity contribution in [3.05, 3.63) is 0 Å². The van der Waals surface area contributed by atoms with Gasteiger partial charge in [0.15, 0.2) is 0 Å². The summed E-state index contributed by atoms with van der Waals surface area (Å²) in [5, 5.41) is 16.5. The molecular weight excluding hydrogens is 177 g/mol. The zero-order valence-corrected chi connectivity index (χ0v) is 5.75. The molecule has 0 unspecified atom stereocenters. The Balaban J connectivity index is -0.0000000400.